The Morgan fingerprint density at radius 1 is 1.00 bits per heavy atom. The molecular weight excluding hydrogens is 262 g/mol. The lowest BCUT2D eigenvalue weighted by molar-refractivity contribution is 0.0344. The van der Waals surface area contributed by atoms with Crippen LogP contribution in [0.4, 0.5) is 0 Å². The van der Waals surface area contributed by atoms with Crippen LogP contribution in [0.5, 0.6) is 0 Å². The van der Waals surface area contributed by atoms with Gasteiger partial charge in [-0.25, -0.2) is 0 Å². The Morgan fingerprint density at radius 2 is 1.62 bits per heavy atom. The van der Waals surface area contributed by atoms with Crippen LogP contribution >= 0.6 is 0 Å². The van der Waals surface area contributed by atoms with E-state index in [1.54, 1.807) is 0 Å². The highest BCUT2D eigenvalue weighted by atomic mass is 16.5. The zero-order chi connectivity index (χ0) is 16.1. The second-order valence-electron chi connectivity index (χ2n) is 7.42. The largest absolute Gasteiger partial charge is 0.389 e. The third-order valence-electron chi connectivity index (χ3n) is 4.26. The number of aliphatic hydroxyl groups is 1. The molecule has 2 N–H and O–H groups in total. The van der Waals surface area contributed by atoms with Gasteiger partial charge in [0.25, 0.3) is 0 Å². The second kappa shape index (κ2) is 12.4. The molecule has 0 amide bonds. The highest BCUT2D eigenvalue weighted by Gasteiger charge is 2.19. The van der Waals surface area contributed by atoms with E-state index in [0.29, 0.717) is 24.5 Å². The molecule has 21 heavy (non-hydrogen) atoms. The summed E-state index contributed by atoms with van der Waals surface area (Å²) >= 11 is 0. The van der Waals surface area contributed by atoms with Crippen LogP contribution in [-0.2, 0) is 4.74 Å². The molecule has 0 aromatic heterocycles. The van der Waals surface area contributed by atoms with E-state index in [0.717, 1.165) is 19.6 Å². The van der Waals surface area contributed by atoms with E-state index in [1.165, 1.54) is 32.1 Å². The van der Waals surface area contributed by atoms with Crippen molar-refractivity contribution in [3.63, 3.8) is 0 Å². The summed E-state index contributed by atoms with van der Waals surface area (Å²) in [4.78, 5) is 0. The summed E-state index contributed by atoms with van der Waals surface area (Å²) in [5, 5.41) is 13.2. The summed E-state index contributed by atoms with van der Waals surface area (Å²) in [5.41, 5.74) is 0.312. The monoisotopic (exact) mass is 301 g/mol. The van der Waals surface area contributed by atoms with Crippen LogP contribution in [0.3, 0.4) is 0 Å². The van der Waals surface area contributed by atoms with Gasteiger partial charge in [0.05, 0.1) is 12.7 Å². The van der Waals surface area contributed by atoms with E-state index in [2.05, 4.69) is 39.9 Å². The first-order valence-electron chi connectivity index (χ1n) is 8.84. The molecule has 0 aromatic rings. The first kappa shape index (κ1) is 20.9. The molecule has 0 radical (unpaired) electrons. The van der Waals surface area contributed by atoms with Crippen molar-refractivity contribution >= 4 is 0 Å². The number of aliphatic hydroxyl groups excluding tert-OH is 1. The minimum Gasteiger partial charge on any atom is -0.389 e. The number of hydrogen-bond acceptors (Lipinski definition) is 3. The lowest BCUT2D eigenvalue weighted by Gasteiger charge is -2.27. The summed E-state index contributed by atoms with van der Waals surface area (Å²) in [6, 6.07) is 0. The van der Waals surface area contributed by atoms with Gasteiger partial charge in [-0.15, -0.1) is 0 Å². The summed E-state index contributed by atoms with van der Waals surface area (Å²) in [6.07, 6.45) is 7.27. The van der Waals surface area contributed by atoms with Gasteiger partial charge in [-0.2, -0.15) is 0 Å². The van der Waals surface area contributed by atoms with E-state index in [1.807, 2.05) is 0 Å². The van der Waals surface area contributed by atoms with Gasteiger partial charge < -0.3 is 15.2 Å². The highest BCUT2D eigenvalue weighted by Crippen LogP contribution is 2.24. The molecule has 0 aromatic carbocycles. The molecule has 0 aliphatic carbocycles. The summed E-state index contributed by atoms with van der Waals surface area (Å²) in [6.45, 7) is 14.0. The zero-order valence-electron chi connectivity index (χ0n) is 15.1. The maximum absolute atomic E-state index is 9.85. The Labute approximate surface area is 132 Å². The van der Waals surface area contributed by atoms with Gasteiger partial charge in [-0.05, 0) is 24.3 Å². The molecule has 0 aliphatic rings. The first-order chi connectivity index (χ1) is 9.88. The van der Waals surface area contributed by atoms with E-state index in [9.17, 15) is 5.11 Å². The van der Waals surface area contributed by atoms with Crippen LogP contribution in [0, 0.1) is 11.3 Å². The molecule has 0 spiro atoms. The Bertz CT molecular complexity index is 226. The first-order valence-corrected chi connectivity index (χ1v) is 8.84. The molecule has 3 nitrogen and oxygen atoms in total. The van der Waals surface area contributed by atoms with Gasteiger partial charge >= 0.3 is 0 Å². The fraction of sp³-hybridized carbons (Fsp3) is 1.00. The minimum absolute atomic E-state index is 0.312. The van der Waals surface area contributed by atoms with Gasteiger partial charge in [-0.1, -0.05) is 66.7 Å². The molecule has 2 unspecified atom stereocenters. The van der Waals surface area contributed by atoms with Crippen LogP contribution in [-0.4, -0.2) is 37.5 Å². The number of nitrogens with one attached hydrogen (secondary N) is 1. The molecular formula is C18H39NO2. The van der Waals surface area contributed by atoms with Gasteiger partial charge in [-0.3, -0.25) is 0 Å². The Morgan fingerprint density at radius 3 is 2.24 bits per heavy atom. The number of ether oxygens (including phenoxy) is 1. The zero-order valence-corrected chi connectivity index (χ0v) is 15.1. The Kier molecular flexibility index (Phi) is 12.4. The summed E-state index contributed by atoms with van der Waals surface area (Å²) in [5.74, 6) is 0.591. The normalized spacial score (nSPS) is 15.1. The average Bonchev–Trinajstić information content (AvgIpc) is 2.40. The molecule has 0 saturated heterocycles. The van der Waals surface area contributed by atoms with Gasteiger partial charge in [0.15, 0.2) is 0 Å². The predicted molar refractivity (Wildman–Crippen MR) is 91.7 cm³/mol. The van der Waals surface area contributed by atoms with Crippen LogP contribution in [0.2, 0.25) is 0 Å². The second-order valence-corrected chi connectivity index (χ2v) is 7.42. The molecule has 3 heteroatoms. The Hall–Kier alpha value is -0.120. The van der Waals surface area contributed by atoms with Crippen molar-refractivity contribution in [1.82, 2.24) is 5.32 Å². The molecule has 128 valence electrons. The molecule has 0 saturated carbocycles. The van der Waals surface area contributed by atoms with Crippen molar-refractivity contribution in [3.05, 3.63) is 0 Å². The molecule has 0 heterocycles. The molecule has 0 fully saturated rings. The van der Waals surface area contributed by atoms with Gasteiger partial charge in [0.1, 0.15) is 0 Å². The topological polar surface area (TPSA) is 41.5 Å². The highest BCUT2D eigenvalue weighted by molar-refractivity contribution is 4.72. The smallest absolute Gasteiger partial charge is 0.0897 e. The van der Waals surface area contributed by atoms with Gasteiger partial charge in [0.2, 0.25) is 0 Å². The molecule has 0 rings (SSSR count). The lowest BCUT2D eigenvalue weighted by atomic mass is 9.82. The molecule has 2 atom stereocenters. The fourth-order valence-corrected chi connectivity index (χ4v) is 2.04. The predicted octanol–water partition coefficient (Wildman–Crippen LogP) is 4.00. The van der Waals surface area contributed by atoms with Crippen molar-refractivity contribution in [3.8, 4) is 0 Å². The maximum Gasteiger partial charge on any atom is 0.0897 e. The standard InChI is InChI=1S/C18H39NO2/c1-6-7-8-9-10-11-12-21-15-17(20)14-19-13-16(2)18(3,4)5/h16-17,19-20H,6-15H2,1-5H3. The number of rotatable bonds is 13. The van der Waals surface area contributed by atoms with E-state index < -0.39 is 6.10 Å². The van der Waals surface area contributed by atoms with Crippen LogP contribution in [0.1, 0.15) is 73.1 Å². The van der Waals surface area contributed by atoms with Crippen molar-refractivity contribution in [1.29, 1.82) is 0 Å². The maximum atomic E-state index is 9.85. The lowest BCUT2D eigenvalue weighted by Crippen LogP contribution is -2.36. The van der Waals surface area contributed by atoms with E-state index in [4.69, 9.17) is 4.74 Å². The van der Waals surface area contributed by atoms with Crippen LogP contribution in [0.15, 0.2) is 0 Å². The van der Waals surface area contributed by atoms with Crippen molar-refractivity contribution in [2.75, 3.05) is 26.3 Å². The minimum atomic E-state index is -0.391. The number of hydrogen-bond donors (Lipinski definition) is 2. The summed E-state index contributed by atoms with van der Waals surface area (Å²) < 4.78 is 5.54. The SMILES string of the molecule is CCCCCCCCOCC(O)CNCC(C)C(C)(C)C. The van der Waals surface area contributed by atoms with Gasteiger partial charge in [0, 0.05) is 13.2 Å². The van der Waals surface area contributed by atoms with E-state index in [-0.39, 0.29) is 0 Å². The third-order valence-corrected chi connectivity index (χ3v) is 4.26. The molecule has 0 aliphatic heterocycles. The third kappa shape index (κ3) is 13.3. The van der Waals surface area contributed by atoms with Crippen molar-refractivity contribution < 1.29 is 9.84 Å². The van der Waals surface area contributed by atoms with Crippen molar-refractivity contribution in [2.45, 2.75) is 79.2 Å². The molecule has 0 bridgehead atoms. The fourth-order valence-electron chi connectivity index (χ4n) is 2.04. The summed E-state index contributed by atoms with van der Waals surface area (Å²) in [7, 11) is 0. The quantitative estimate of drug-likeness (QED) is 0.505. The van der Waals surface area contributed by atoms with E-state index >= 15 is 0 Å². The Balaban J connectivity index is 3.37. The van der Waals surface area contributed by atoms with Crippen molar-refractivity contribution in [2.24, 2.45) is 11.3 Å². The van der Waals surface area contributed by atoms with Crippen LogP contribution < -0.4 is 5.32 Å². The average molecular weight is 302 g/mol. The van der Waals surface area contributed by atoms with Crippen LogP contribution in [0.25, 0.3) is 0 Å². The number of unbranched alkanes of at least 4 members (excludes halogenated alkanes) is 5.